The highest BCUT2D eigenvalue weighted by molar-refractivity contribution is 6.26. The molecule has 2 heterocycles. The summed E-state index contributed by atoms with van der Waals surface area (Å²) in [5.41, 5.74) is 8.44. The molecule has 0 saturated heterocycles. The molecule has 8 aromatic rings. The van der Waals surface area contributed by atoms with E-state index in [4.69, 9.17) is 9.98 Å². The second-order valence-electron chi connectivity index (χ2n) is 11.2. The van der Waals surface area contributed by atoms with Crippen molar-refractivity contribution in [3.05, 3.63) is 169 Å². The van der Waals surface area contributed by atoms with Gasteiger partial charge in [0.2, 0.25) is 0 Å². The molecule has 4 heteroatoms. The summed E-state index contributed by atoms with van der Waals surface area (Å²) in [6.45, 7) is 6.62. The largest absolute Gasteiger partial charge is 0.309 e. The Kier molecular flexibility index (Phi) is 6.46. The monoisotopic (exact) mass is 578 g/mol. The van der Waals surface area contributed by atoms with E-state index in [-0.39, 0.29) is 0 Å². The number of rotatable bonds is 5. The smallest absolute Gasteiger partial charge is 0.161 e. The first-order chi connectivity index (χ1) is 22.2. The van der Waals surface area contributed by atoms with Crippen LogP contribution < -0.4 is 0 Å². The fraction of sp³-hybridized carbons (Fsp3) is 0.0244. The second-order valence-corrected chi connectivity index (χ2v) is 11.2. The Bertz CT molecular complexity index is 2430. The van der Waals surface area contributed by atoms with E-state index in [0.717, 1.165) is 55.4 Å². The van der Waals surface area contributed by atoms with Crippen molar-refractivity contribution in [2.45, 2.75) is 6.92 Å². The molecule has 0 radical (unpaired) electrons. The predicted octanol–water partition coefficient (Wildman–Crippen LogP) is 10.3. The molecule has 0 fully saturated rings. The lowest BCUT2D eigenvalue weighted by atomic mass is 10.1. The van der Waals surface area contributed by atoms with Crippen LogP contribution in [0.2, 0.25) is 0 Å². The summed E-state index contributed by atoms with van der Waals surface area (Å²) in [4.78, 5) is 10.3. The molecule has 0 spiro atoms. The molecular formula is C41H30N4. The van der Waals surface area contributed by atoms with E-state index in [9.17, 15) is 0 Å². The van der Waals surface area contributed by atoms with Gasteiger partial charge < -0.3 is 4.57 Å². The van der Waals surface area contributed by atoms with Crippen LogP contribution in [0.15, 0.2) is 168 Å². The van der Waals surface area contributed by atoms with E-state index in [1.165, 1.54) is 10.8 Å². The van der Waals surface area contributed by atoms with Gasteiger partial charge in [0.25, 0.3) is 0 Å². The Morgan fingerprint density at radius 1 is 0.511 bits per heavy atom. The van der Waals surface area contributed by atoms with Crippen LogP contribution in [0.4, 0.5) is 0 Å². The van der Waals surface area contributed by atoms with E-state index in [2.05, 4.69) is 119 Å². The highest BCUT2D eigenvalue weighted by Gasteiger charge is 2.21. The van der Waals surface area contributed by atoms with Gasteiger partial charge in [-0.05, 0) is 42.8 Å². The molecule has 0 unspecified atom stereocenters. The SMILES string of the molecule is C=C(/N=C(\N=C(/C)c1ccccc1)c1ccccc1)n1c2ccccc2c2ccc3c(c4ccccc4n3-c3ccccc3)c21. The zero-order chi connectivity index (χ0) is 30.3. The Balaban J connectivity index is 1.44. The van der Waals surface area contributed by atoms with Gasteiger partial charge in [-0.1, -0.05) is 128 Å². The number of para-hydroxylation sites is 3. The normalized spacial score (nSPS) is 12.5. The fourth-order valence-corrected chi connectivity index (χ4v) is 6.45. The number of benzene rings is 6. The number of hydrogen-bond donors (Lipinski definition) is 0. The molecule has 0 saturated carbocycles. The van der Waals surface area contributed by atoms with Crippen molar-refractivity contribution in [3.63, 3.8) is 0 Å². The maximum absolute atomic E-state index is 5.20. The zero-order valence-corrected chi connectivity index (χ0v) is 24.9. The maximum Gasteiger partial charge on any atom is 0.161 e. The number of nitrogens with zero attached hydrogens (tertiary/aromatic N) is 4. The molecule has 0 N–H and O–H groups in total. The first kappa shape index (κ1) is 26.6. The summed E-state index contributed by atoms with van der Waals surface area (Å²) < 4.78 is 4.56. The van der Waals surface area contributed by atoms with Gasteiger partial charge in [-0.3, -0.25) is 4.57 Å². The Labute approximate surface area is 261 Å². The van der Waals surface area contributed by atoms with E-state index in [1.807, 2.05) is 55.5 Å². The average molecular weight is 579 g/mol. The third-order valence-corrected chi connectivity index (χ3v) is 8.47. The summed E-state index contributed by atoms with van der Waals surface area (Å²) in [6, 6.07) is 52.5. The Morgan fingerprint density at radius 2 is 1.09 bits per heavy atom. The van der Waals surface area contributed by atoms with Gasteiger partial charge in [0.1, 0.15) is 5.82 Å². The molecule has 0 aliphatic rings. The van der Waals surface area contributed by atoms with Gasteiger partial charge >= 0.3 is 0 Å². The second kappa shape index (κ2) is 10.9. The minimum absolute atomic E-state index is 0.605. The van der Waals surface area contributed by atoms with Crippen LogP contribution in [0, 0.1) is 0 Å². The highest BCUT2D eigenvalue weighted by atomic mass is 15.1. The van der Waals surface area contributed by atoms with Gasteiger partial charge in [0.05, 0.1) is 22.1 Å². The molecule has 214 valence electrons. The quantitative estimate of drug-likeness (QED) is 0.144. The standard InChI is InChI=1S/C41H30N4/c1-28(30-16-6-3-7-17-30)42-41(31-18-8-4-9-19-31)43-29(2)44-36-24-14-12-22-33(36)34-26-27-38-39(40(34)44)35-23-13-15-25-37(35)45(38)32-20-10-5-11-21-32/h3-27H,2H2,1H3/b42-28+,43-41-. The van der Waals surface area contributed by atoms with Crippen LogP contribution in [0.1, 0.15) is 18.1 Å². The van der Waals surface area contributed by atoms with Crippen LogP contribution in [0.5, 0.6) is 0 Å². The number of fused-ring (bicyclic) bond motifs is 7. The summed E-state index contributed by atoms with van der Waals surface area (Å²) >= 11 is 0. The van der Waals surface area contributed by atoms with Crippen molar-refractivity contribution in [2.75, 3.05) is 0 Å². The van der Waals surface area contributed by atoms with Gasteiger partial charge in [0.15, 0.2) is 5.84 Å². The van der Waals surface area contributed by atoms with Crippen LogP contribution in [0.3, 0.4) is 0 Å². The van der Waals surface area contributed by atoms with E-state index in [1.54, 1.807) is 0 Å². The summed E-state index contributed by atoms with van der Waals surface area (Å²) in [7, 11) is 0. The predicted molar refractivity (Wildman–Crippen MR) is 191 cm³/mol. The van der Waals surface area contributed by atoms with Crippen molar-refractivity contribution in [1.29, 1.82) is 0 Å². The van der Waals surface area contributed by atoms with E-state index < -0.39 is 0 Å². The molecule has 6 aromatic carbocycles. The number of amidine groups is 1. The van der Waals surface area contributed by atoms with Crippen molar-refractivity contribution in [3.8, 4) is 5.69 Å². The average Bonchev–Trinajstić information content (AvgIpc) is 3.62. The molecule has 0 aliphatic heterocycles. The lowest BCUT2D eigenvalue weighted by Gasteiger charge is -2.11. The fourth-order valence-electron chi connectivity index (χ4n) is 6.45. The van der Waals surface area contributed by atoms with Gasteiger partial charge in [-0.2, -0.15) is 0 Å². The Hall–Kier alpha value is -6.00. The zero-order valence-electron chi connectivity index (χ0n) is 24.9. The van der Waals surface area contributed by atoms with Crippen LogP contribution in [0.25, 0.3) is 55.1 Å². The molecule has 0 atom stereocenters. The van der Waals surface area contributed by atoms with Crippen molar-refractivity contribution < 1.29 is 0 Å². The minimum Gasteiger partial charge on any atom is -0.309 e. The summed E-state index contributed by atoms with van der Waals surface area (Å²) in [5.74, 6) is 1.22. The maximum atomic E-state index is 5.20. The molecule has 8 rings (SSSR count). The number of aliphatic imine (C=N–C) groups is 2. The molecular weight excluding hydrogens is 548 g/mol. The summed E-state index contributed by atoms with van der Waals surface area (Å²) in [5, 5.41) is 4.68. The van der Waals surface area contributed by atoms with Gasteiger partial charge in [-0.15, -0.1) is 0 Å². The molecule has 0 aliphatic carbocycles. The van der Waals surface area contributed by atoms with Crippen LogP contribution >= 0.6 is 0 Å². The number of aromatic nitrogens is 2. The molecule has 0 amide bonds. The third-order valence-electron chi connectivity index (χ3n) is 8.47. The lowest BCUT2D eigenvalue weighted by Crippen LogP contribution is -2.05. The molecule has 45 heavy (non-hydrogen) atoms. The molecule has 0 bridgehead atoms. The molecule has 2 aromatic heterocycles. The van der Waals surface area contributed by atoms with Crippen LogP contribution in [-0.2, 0) is 0 Å². The van der Waals surface area contributed by atoms with Gasteiger partial charge in [0, 0.05) is 38.5 Å². The van der Waals surface area contributed by atoms with E-state index in [0.29, 0.717) is 11.7 Å². The highest BCUT2D eigenvalue weighted by Crippen LogP contribution is 2.41. The number of hydrogen-bond acceptors (Lipinski definition) is 1. The van der Waals surface area contributed by atoms with Crippen molar-refractivity contribution in [1.82, 2.24) is 9.13 Å². The first-order valence-electron chi connectivity index (χ1n) is 15.1. The van der Waals surface area contributed by atoms with Crippen molar-refractivity contribution in [2.24, 2.45) is 9.98 Å². The third kappa shape index (κ3) is 4.47. The van der Waals surface area contributed by atoms with E-state index >= 15 is 0 Å². The topological polar surface area (TPSA) is 34.6 Å². The minimum atomic E-state index is 0.605. The summed E-state index contributed by atoms with van der Waals surface area (Å²) in [6.07, 6.45) is 0. The first-order valence-corrected chi connectivity index (χ1v) is 15.1. The Morgan fingerprint density at radius 3 is 1.80 bits per heavy atom. The molecule has 4 nitrogen and oxygen atoms in total. The van der Waals surface area contributed by atoms with Gasteiger partial charge in [-0.25, -0.2) is 9.98 Å². The lowest BCUT2D eigenvalue weighted by molar-refractivity contribution is 1.17. The van der Waals surface area contributed by atoms with Crippen molar-refractivity contribution >= 4 is 61.0 Å². The van der Waals surface area contributed by atoms with Crippen LogP contribution in [-0.4, -0.2) is 20.7 Å².